The van der Waals surface area contributed by atoms with Gasteiger partial charge in [0.15, 0.2) is 5.96 Å². The molecule has 1 aromatic carbocycles. The SMILES string of the molecule is CN=C(NCCCOCC1CCOCC1)NCC1CCN(CCc2ccccc2)C1.I. The summed E-state index contributed by atoms with van der Waals surface area (Å²) >= 11 is 0. The third-order valence-corrected chi connectivity index (χ3v) is 6.16. The molecule has 7 heteroatoms. The maximum Gasteiger partial charge on any atom is 0.190 e. The number of nitrogens with one attached hydrogen (secondary N) is 2. The van der Waals surface area contributed by atoms with Crippen molar-refractivity contribution in [3.8, 4) is 0 Å². The van der Waals surface area contributed by atoms with E-state index < -0.39 is 0 Å². The zero-order valence-corrected chi connectivity index (χ0v) is 21.4. The lowest BCUT2D eigenvalue weighted by molar-refractivity contribution is 0.0203. The first-order chi connectivity index (χ1) is 14.8. The molecule has 0 spiro atoms. The number of likely N-dealkylation sites (tertiary alicyclic amines) is 1. The van der Waals surface area contributed by atoms with Gasteiger partial charge < -0.3 is 25.0 Å². The second kappa shape index (κ2) is 15.8. The van der Waals surface area contributed by atoms with E-state index in [2.05, 4.69) is 50.9 Å². The van der Waals surface area contributed by atoms with Gasteiger partial charge in [0.25, 0.3) is 0 Å². The second-order valence-corrected chi connectivity index (χ2v) is 8.56. The Morgan fingerprint density at radius 2 is 1.94 bits per heavy atom. The van der Waals surface area contributed by atoms with Gasteiger partial charge >= 0.3 is 0 Å². The summed E-state index contributed by atoms with van der Waals surface area (Å²) in [7, 11) is 1.85. The minimum Gasteiger partial charge on any atom is -0.381 e. The van der Waals surface area contributed by atoms with Gasteiger partial charge in [0.2, 0.25) is 0 Å². The largest absolute Gasteiger partial charge is 0.381 e. The minimum absolute atomic E-state index is 0. The van der Waals surface area contributed by atoms with E-state index in [-0.39, 0.29) is 24.0 Å². The fourth-order valence-corrected chi connectivity index (χ4v) is 4.22. The highest BCUT2D eigenvalue weighted by Gasteiger charge is 2.22. The number of ether oxygens (including phenoxy) is 2. The molecule has 31 heavy (non-hydrogen) atoms. The lowest BCUT2D eigenvalue weighted by Crippen LogP contribution is -2.40. The van der Waals surface area contributed by atoms with Gasteiger partial charge in [-0.1, -0.05) is 30.3 Å². The van der Waals surface area contributed by atoms with Gasteiger partial charge in [-0.2, -0.15) is 0 Å². The average Bonchev–Trinajstić information content (AvgIpc) is 3.26. The smallest absolute Gasteiger partial charge is 0.190 e. The van der Waals surface area contributed by atoms with E-state index in [0.29, 0.717) is 11.8 Å². The number of guanidine groups is 1. The van der Waals surface area contributed by atoms with Gasteiger partial charge in [-0.15, -0.1) is 24.0 Å². The number of nitrogens with zero attached hydrogens (tertiary/aromatic N) is 2. The van der Waals surface area contributed by atoms with Gasteiger partial charge in [0, 0.05) is 59.7 Å². The number of aliphatic imine (C=N–C) groups is 1. The first-order valence-corrected chi connectivity index (χ1v) is 11.7. The van der Waals surface area contributed by atoms with Crippen LogP contribution in [-0.4, -0.2) is 77.1 Å². The molecule has 2 N–H and O–H groups in total. The quantitative estimate of drug-likeness (QED) is 0.194. The van der Waals surface area contributed by atoms with E-state index in [1.165, 1.54) is 25.1 Å². The Labute approximate surface area is 205 Å². The van der Waals surface area contributed by atoms with Crippen molar-refractivity contribution in [1.29, 1.82) is 0 Å². The molecular weight excluding hydrogens is 503 g/mol. The number of hydrogen-bond acceptors (Lipinski definition) is 4. The van der Waals surface area contributed by atoms with Crippen molar-refractivity contribution in [2.24, 2.45) is 16.8 Å². The van der Waals surface area contributed by atoms with E-state index in [4.69, 9.17) is 9.47 Å². The molecule has 2 aliphatic rings. The lowest BCUT2D eigenvalue weighted by Gasteiger charge is -2.21. The maximum absolute atomic E-state index is 5.84. The summed E-state index contributed by atoms with van der Waals surface area (Å²) in [5, 5.41) is 6.92. The molecule has 2 saturated heterocycles. The van der Waals surface area contributed by atoms with Crippen LogP contribution in [0.15, 0.2) is 35.3 Å². The third kappa shape index (κ3) is 10.5. The predicted octanol–water partition coefficient (Wildman–Crippen LogP) is 3.17. The molecule has 6 nitrogen and oxygen atoms in total. The van der Waals surface area contributed by atoms with Crippen LogP contribution in [0.25, 0.3) is 0 Å². The van der Waals surface area contributed by atoms with Crippen molar-refractivity contribution in [3.63, 3.8) is 0 Å². The van der Waals surface area contributed by atoms with Gasteiger partial charge in [0.1, 0.15) is 0 Å². The molecule has 2 aliphatic heterocycles. The molecule has 2 fully saturated rings. The summed E-state index contributed by atoms with van der Waals surface area (Å²) in [6.45, 7) is 8.88. The zero-order chi connectivity index (χ0) is 20.9. The van der Waals surface area contributed by atoms with Crippen LogP contribution in [0.1, 0.15) is 31.2 Å². The lowest BCUT2D eigenvalue weighted by atomic mass is 10.0. The van der Waals surface area contributed by atoms with Crippen LogP contribution in [-0.2, 0) is 15.9 Å². The Hall–Kier alpha value is -0.900. The summed E-state index contributed by atoms with van der Waals surface area (Å²) in [5.74, 6) is 2.28. The molecule has 2 heterocycles. The molecular formula is C24H41IN4O2. The number of rotatable bonds is 11. The zero-order valence-electron chi connectivity index (χ0n) is 19.1. The molecule has 0 radical (unpaired) electrons. The van der Waals surface area contributed by atoms with Gasteiger partial charge in [0.05, 0.1) is 0 Å². The minimum atomic E-state index is 0. The van der Waals surface area contributed by atoms with Crippen molar-refractivity contribution in [2.75, 3.05) is 66.2 Å². The van der Waals surface area contributed by atoms with Crippen LogP contribution in [0.2, 0.25) is 0 Å². The maximum atomic E-state index is 5.84. The Morgan fingerprint density at radius 3 is 2.71 bits per heavy atom. The highest BCUT2D eigenvalue weighted by Crippen LogP contribution is 2.16. The van der Waals surface area contributed by atoms with Crippen molar-refractivity contribution in [2.45, 2.75) is 32.1 Å². The van der Waals surface area contributed by atoms with Crippen LogP contribution in [0.5, 0.6) is 0 Å². The molecule has 176 valence electrons. The fourth-order valence-electron chi connectivity index (χ4n) is 4.22. The standard InChI is InChI=1S/C24H40N4O2.HI/c1-25-24(26-12-5-15-30-20-22-10-16-29-17-11-22)27-18-23-9-14-28(19-23)13-8-21-6-3-2-4-7-21;/h2-4,6-7,22-23H,5,8-20H2,1H3,(H2,25,26,27);1H. The van der Waals surface area contributed by atoms with E-state index in [0.717, 1.165) is 77.7 Å². The van der Waals surface area contributed by atoms with E-state index in [9.17, 15) is 0 Å². The first kappa shape index (κ1) is 26.4. The van der Waals surface area contributed by atoms with Crippen LogP contribution in [0.4, 0.5) is 0 Å². The second-order valence-electron chi connectivity index (χ2n) is 8.56. The topological polar surface area (TPSA) is 58.1 Å². The highest BCUT2D eigenvalue weighted by molar-refractivity contribution is 14.0. The summed E-state index contributed by atoms with van der Waals surface area (Å²) in [4.78, 5) is 6.95. The van der Waals surface area contributed by atoms with Crippen molar-refractivity contribution in [1.82, 2.24) is 15.5 Å². The van der Waals surface area contributed by atoms with Crippen LogP contribution in [0.3, 0.4) is 0 Å². The first-order valence-electron chi connectivity index (χ1n) is 11.7. The molecule has 0 aliphatic carbocycles. The van der Waals surface area contributed by atoms with Crippen LogP contribution >= 0.6 is 24.0 Å². The summed E-state index contributed by atoms with van der Waals surface area (Å²) in [5.41, 5.74) is 1.43. The average molecular weight is 545 g/mol. The molecule has 3 rings (SSSR count). The highest BCUT2D eigenvalue weighted by atomic mass is 127. The van der Waals surface area contributed by atoms with E-state index in [1.807, 2.05) is 7.05 Å². The van der Waals surface area contributed by atoms with E-state index in [1.54, 1.807) is 0 Å². The third-order valence-electron chi connectivity index (χ3n) is 6.16. The molecule has 1 atom stereocenters. The number of benzene rings is 1. The van der Waals surface area contributed by atoms with Gasteiger partial charge in [-0.25, -0.2) is 0 Å². The van der Waals surface area contributed by atoms with Gasteiger partial charge in [-0.3, -0.25) is 4.99 Å². The summed E-state index contributed by atoms with van der Waals surface area (Å²) in [6.07, 6.45) is 5.68. The van der Waals surface area contributed by atoms with Gasteiger partial charge in [-0.05, 0) is 56.0 Å². The molecule has 0 aromatic heterocycles. The fraction of sp³-hybridized carbons (Fsp3) is 0.708. The molecule has 1 aromatic rings. The Kier molecular flexibility index (Phi) is 13.5. The monoisotopic (exact) mass is 544 g/mol. The van der Waals surface area contributed by atoms with Crippen molar-refractivity contribution >= 4 is 29.9 Å². The van der Waals surface area contributed by atoms with Crippen LogP contribution in [0, 0.1) is 11.8 Å². The molecule has 0 amide bonds. The molecule has 1 unspecified atom stereocenters. The normalized spacial score (nSPS) is 20.4. The van der Waals surface area contributed by atoms with E-state index >= 15 is 0 Å². The predicted molar refractivity (Wildman–Crippen MR) is 138 cm³/mol. The van der Waals surface area contributed by atoms with Crippen molar-refractivity contribution < 1.29 is 9.47 Å². The summed E-state index contributed by atoms with van der Waals surface area (Å²) in [6, 6.07) is 10.8. The van der Waals surface area contributed by atoms with Crippen molar-refractivity contribution in [3.05, 3.63) is 35.9 Å². The Balaban J connectivity index is 0.00000341. The summed E-state index contributed by atoms with van der Waals surface area (Å²) < 4.78 is 11.2. The number of halogens is 1. The molecule has 0 bridgehead atoms. The Bertz CT molecular complexity index is 611. The Morgan fingerprint density at radius 1 is 1.13 bits per heavy atom. The number of hydrogen-bond donors (Lipinski definition) is 2. The molecule has 0 saturated carbocycles. The van der Waals surface area contributed by atoms with Crippen LogP contribution < -0.4 is 10.6 Å².